The summed E-state index contributed by atoms with van der Waals surface area (Å²) >= 11 is 0. The van der Waals surface area contributed by atoms with Gasteiger partial charge in [0.2, 0.25) is 0 Å². The van der Waals surface area contributed by atoms with Crippen LogP contribution in [0.3, 0.4) is 0 Å². The maximum Gasteiger partial charge on any atom is 0.318 e. The van der Waals surface area contributed by atoms with Gasteiger partial charge in [-0.2, -0.15) is 0 Å². The molecule has 1 aliphatic rings. The minimum atomic E-state index is -1.08. The molecular weight excluding hydrogens is 324 g/mol. The van der Waals surface area contributed by atoms with Crippen molar-refractivity contribution >= 4 is 5.97 Å². The molecule has 4 rings (SSSR count). The van der Waals surface area contributed by atoms with Gasteiger partial charge in [-0.25, -0.2) is 0 Å². The highest BCUT2D eigenvalue weighted by Crippen LogP contribution is 2.52. The smallest absolute Gasteiger partial charge is 0.318 e. The number of methoxy groups -OCH3 is 1. The topological polar surface area (TPSA) is 46.5 Å². The number of carboxylic acids is 1. The second-order valence-corrected chi connectivity index (χ2v) is 6.70. The van der Waals surface area contributed by atoms with Crippen molar-refractivity contribution in [3.05, 3.63) is 101 Å². The fraction of sp³-hybridized carbons (Fsp3) is 0.174. The van der Waals surface area contributed by atoms with E-state index in [1.165, 1.54) is 0 Å². The van der Waals surface area contributed by atoms with E-state index in [4.69, 9.17) is 4.74 Å². The Labute approximate surface area is 152 Å². The van der Waals surface area contributed by atoms with Crippen molar-refractivity contribution in [2.24, 2.45) is 0 Å². The van der Waals surface area contributed by atoms with Crippen LogP contribution in [0.4, 0.5) is 0 Å². The normalized spacial score (nSPS) is 21.2. The van der Waals surface area contributed by atoms with Crippen molar-refractivity contribution in [2.45, 2.75) is 17.8 Å². The number of hydrogen-bond donors (Lipinski definition) is 1. The van der Waals surface area contributed by atoms with Crippen LogP contribution in [0.2, 0.25) is 0 Å². The summed E-state index contributed by atoms with van der Waals surface area (Å²) in [5, 5.41) is 10.4. The number of benzene rings is 3. The summed E-state index contributed by atoms with van der Waals surface area (Å²) in [7, 11) is 1.60. The summed E-state index contributed by atoms with van der Waals surface area (Å²) in [6, 6.07) is 25.5. The second-order valence-electron chi connectivity index (χ2n) is 6.70. The molecule has 3 aromatic rings. The molecule has 3 heteroatoms. The molecule has 0 spiro atoms. The number of carboxylic acid groups (broad SMARTS) is 1. The first-order chi connectivity index (χ1) is 12.7. The zero-order valence-electron chi connectivity index (χ0n) is 14.6. The van der Waals surface area contributed by atoms with Gasteiger partial charge in [-0.3, -0.25) is 4.79 Å². The molecule has 1 N–H and O–H groups in total. The lowest BCUT2D eigenvalue weighted by atomic mass is 9.74. The molecule has 2 atom stereocenters. The molecule has 0 aliphatic heterocycles. The lowest BCUT2D eigenvalue weighted by Gasteiger charge is -2.27. The van der Waals surface area contributed by atoms with Crippen LogP contribution < -0.4 is 4.74 Å². The molecule has 26 heavy (non-hydrogen) atoms. The Balaban J connectivity index is 1.95. The van der Waals surface area contributed by atoms with E-state index in [9.17, 15) is 9.90 Å². The largest absolute Gasteiger partial charge is 0.497 e. The molecule has 1 aliphatic carbocycles. The molecule has 0 saturated heterocycles. The van der Waals surface area contributed by atoms with Gasteiger partial charge in [-0.05, 0) is 40.8 Å². The molecule has 0 bridgehead atoms. The van der Waals surface area contributed by atoms with Crippen molar-refractivity contribution in [3.8, 4) is 5.75 Å². The Morgan fingerprint density at radius 2 is 1.73 bits per heavy atom. The molecule has 2 unspecified atom stereocenters. The molecule has 0 radical (unpaired) electrons. The quantitative estimate of drug-likeness (QED) is 0.752. The highest BCUT2D eigenvalue weighted by atomic mass is 16.5. The van der Waals surface area contributed by atoms with E-state index in [-0.39, 0.29) is 5.92 Å². The molecule has 0 fully saturated rings. The van der Waals surface area contributed by atoms with Gasteiger partial charge in [0.1, 0.15) is 11.2 Å². The van der Waals surface area contributed by atoms with Crippen molar-refractivity contribution < 1.29 is 14.6 Å². The molecule has 0 amide bonds. The van der Waals surface area contributed by atoms with Gasteiger partial charge in [0.05, 0.1) is 7.11 Å². The van der Waals surface area contributed by atoms with E-state index in [0.717, 1.165) is 22.3 Å². The maximum atomic E-state index is 12.6. The Bertz CT molecular complexity index is 948. The van der Waals surface area contributed by atoms with Crippen LogP contribution in [0, 0.1) is 0 Å². The van der Waals surface area contributed by atoms with E-state index in [2.05, 4.69) is 18.2 Å². The Kier molecular flexibility index (Phi) is 4.00. The van der Waals surface area contributed by atoms with Gasteiger partial charge in [-0.1, -0.05) is 66.7 Å². The molecular formula is C23H20O3. The third-order valence-corrected chi connectivity index (χ3v) is 5.44. The summed E-state index contributed by atoms with van der Waals surface area (Å²) < 4.78 is 5.35. The average Bonchev–Trinajstić information content (AvgIpc) is 3.05. The average molecular weight is 344 g/mol. The zero-order valence-corrected chi connectivity index (χ0v) is 14.6. The first kappa shape index (κ1) is 16.4. The van der Waals surface area contributed by atoms with Crippen molar-refractivity contribution in [3.63, 3.8) is 0 Å². The molecule has 3 nitrogen and oxygen atoms in total. The first-order valence-electron chi connectivity index (χ1n) is 8.69. The van der Waals surface area contributed by atoms with Gasteiger partial charge in [0.15, 0.2) is 0 Å². The van der Waals surface area contributed by atoms with E-state index in [1.807, 2.05) is 60.7 Å². The Morgan fingerprint density at radius 3 is 2.46 bits per heavy atom. The van der Waals surface area contributed by atoms with E-state index in [0.29, 0.717) is 12.2 Å². The van der Waals surface area contributed by atoms with Gasteiger partial charge in [0, 0.05) is 5.92 Å². The van der Waals surface area contributed by atoms with Gasteiger partial charge in [0.25, 0.3) is 0 Å². The maximum absolute atomic E-state index is 12.6. The third kappa shape index (κ3) is 2.39. The number of aliphatic carboxylic acids is 1. The second kappa shape index (κ2) is 6.34. The number of rotatable bonds is 4. The van der Waals surface area contributed by atoms with Crippen molar-refractivity contribution in [2.75, 3.05) is 7.11 Å². The minimum Gasteiger partial charge on any atom is -0.497 e. The lowest BCUT2D eigenvalue weighted by molar-refractivity contribution is -0.142. The lowest BCUT2D eigenvalue weighted by Crippen LogP contribution is -2.35. The monoisotopic (exact) mass is 344 g/mol. The summed E-state index contributed by atoms with van der Waals surface area (Å²) in [5.41, 5.74) is 2.78. The number of hydrogen-bond acceptors (Lipinski definition) is 2. The van der Waals surface area contributed by atoms with Crippen LogP contribution in [0.15, 0.2) is 78.9 Å². The standard InChI is InChI=1S/C23H20O3/c1-26-18-11-7-10-17(14-18)23(22(24)25)15-20(16-8-3-2-4-9-16)19-12-5-6-13-21(19)23/h2-14,20H,15H2,1H3,(H,24,25). The molecule has 130 valence electrons. The summed E-state index contributed by atoms with van der Waals surface area (Å²) in [6.07, 6.45) is 0.499. The molecule has 0 saturated carbocycles. The highest BCUT2D eigenvalue weighted by molar-refractivity contribution is 5.88. The molecule has 0 aromatic heterocycles. The van der Waals surface area contributed by atoms with Crippen molar-refractivity contribution in [1.82, 2.24) is 0 Å². The Morgan fingerprint density at radius 1 is 1.00 bits per heavy atom. The van der Waals surface area contributed by atoms with E-state index in [1.54, 1.807) is 7.11 Å². The van der Waals surface area contributed by atoms with Gasteiger partial charge < -0.3 is 9.84 Å². The molecule has 3 aromatic carbocycles. The predicted molar refractivity (Wildman–Crippen MR) is 101 cm³/mol. The zero-order chi connectivity index (χ0) is 18.1. The fourth-order valence-electron chi connectivity index (χ4n) is 4.19. The fourth-order valence-corrected chi connectivity index (χ4v) is 4.19. The van der Waals surface area contributed by atoms with Crippen LogP contribution >= 0.6 is 0 Å². The van der Waals surface area contributed by atoms with Crippen LogP contribution in [0.25, 0.3) is 0 Å². The SMILES string of the molecule is COc1cccc(C2(C(=O)O)CC(c3ccccc3)c3ccccc32)c1. The van der Waals surface area contributed by atoms with Crippen LogP contribution in [0.1, 0.15) is 34.6 Å². The van der Waals surface area contributed by atoms with Crippen molar-refractivity contribution in [1.29, 1.82) is 0 Å². The summed E-state index contributed by atoms with van der Waals surface area (Å²) in [4.78, 5) is 12.6. The number of carbonyl (C=O) groups is 1. The summed E-state index contributed by atoms with van der Waals surface area (Å²) in [5.74, 6) is -0.102. The highest BCUT2D eigenvalue weighted by Gasteiger charge is 2.51. The third-order valence-electron chi connectivity index (χ3n) is 5.44. The minimum absolute atomic E-state index is 0.0506. The van der Waals surface area contributed by atoms with E-state index < -0.39 is 11.4 Å². The van der Waals surface area contributed by atoms with Gasteiger partial charge >= 0.3 is 5.97 Å². The van der Waals surface area contributed by atoms with Crippen LogP contribution in [0.5, 0.6) is 5.75 Å². The van der Waals surface area contributed by atoms with Crippen LogP contribution in [-0.2, 0) is 10.2 Å². The van der Waals surface area contributed by atoms with E-state index >= 15 is 0 Å². The first-order valence-corrected chi connectivity index (χ1v) is 8.69. The van der Waals surface area contributed by atoms with Crippen LogP contribution in [-0.4, -0.2) is 18.2 Å². The Hall–Kier alpha value is -3.07. The summed E-state index contributed by atoms with van der Waals surface area (Å²) in [6.45, 7) is 0. The number of fused-ring (bicyclic) bond motifs is 1. The molecule has 0 heterocycles. The number of ether oxygens (including phenoxy) is 1. The predicted octanol–water partition coefficient (Wildman–Crippen LogP) is 4.60. The van der Waals surface area contributed by atoms with Gasteiger partial charge in [-0.15, -0.1) is 0 Å².